The molecule has 3 rings (SSSR count). The smallest absolute Gasteiger partial charge is 0.263 e. The van der Waals surface area contributed by atoms with Crippen LogP contribution in [0.4, 0.5) is 11.4 Å². The van der Waals surface area contributed by atoms with Gasteiger partial charge in [0.05, 0.1) is 5.69 Å². The first-order chi connectivity index (χ1) is 11.7. The van der Waals surface area contributed by atoms with Crippen molar-refractivity contribution in [3.8, 4) is 0 Å². The number of aryl methyl sites for hydroxylation is 1. The maximum absolute atomic E-state index is 12.8. The highest BCUT2D eigenvalue weighted by atomic mass is 79.9. The Morgan fingerprint density at radius 1 is 1.28 bits per heavy atom. The van der Waals surface area contributed by atoms with Gasteiger partial charge in [0, 0.05) is 28.7 Å². The fraction of sp³-hybridized carbons (Fsp3) is 0.235. The molecule has 0 radical (unpaired) electrons. The molecule has 1 aliphatic heterocycles. The van der Waals surface area contributed by atoms with E-state index >= 15 is 0 Å². The fourth-order valence-corrected chi connectivity index (χ4v) is 5.13. The molecule has 5 nitrogen and oxygen atoms in total. The van der Waals surface area contributed by atoms with Gasteiger partial charge in [-0.05, 0) is 64.7 Å². The van der Waals surface area contributed by atoms with Crippen LogP contribution in [0.5, 0.6) is 0 Å². The summed E-state index contributed by atoms with van der Waals surface area (Å²) >= 11 is 9.40. The van der Waals surface area contributed by atoms with Crippen LogP contribution >= 0.6 is 27.5 Å². The summed E-state index contributed by atoms with van der Waals surface area (Å²) in [6, 6.07) is 8.26. The van der Waals surface area contributed by atoms with Gasteiger partial charge in [-0.2, -0.15) is 0 Å². The highest BCUT2D eigenvalue weighted by Gasteiger charge is 2.27. The first-order valence-corrected chi connectivity index (χ1v) is 10.2. The first kappa shape index (κ1) is 18.2. The van der Waals surface area contributed by atoms with Crippen molar-refractivity contribution in [2.75, 3.05) is 16.2 Å². The van der Waals surface area contributed by atoms with Crippen LogP contribution in [0.3, 0.4) is 0 Å². The molecule has 1 amide bonds. The first-order valence-electron chi connectivity index (χ1n) is 7.58. The van der Waals surface area contributed by atoms with E-state index in [-0.39, 0.29) is 10.8 Å². The van der Waals surface area contributed by atoms with Crippen molar-refractivity contribution < 1.29 is 13.2 Å². The number of carbonyl (C=O) groups is 1. The molecule has 25 heavy (non-hydrogen) atoms. The zero-order valence-corrected chi connectivity index (χ0v) is 16.8. The summed E-state index contributed by atoms with van der Waals surface area (Å²) in [7, 11) is -3.84. The lowest BCUT2D eigenvalue weighted by Crippen LogP contribution is -2.26. The lowest BCUT2D eigenvalue weighted by Gasteiger charge is -2.17. The average Bonchev–Trinajstić information content (AvgIpc) is 2.92. The van der Waals surface area contributed by atoms with Crippen LogP contribution in [0.1, 0.15) is 18.1 Å². The SMILES string of the molecule is CC(=O)N1CCc2cc(Br)c(S(=O)(=O)Nc3ccc(C)c(Cl)c3)cc21. The summed E-state index contributed by atoms with van der Waals surface area (Å²) in [5.74, 6) is -0.109. The molecule has 0 bridgehead atoms. The number of anilines is 2. The Labute approximate surface area is 160 Å². The number of fused-ring (bicyclic) bond motifs is 1. The van der Waals surface area contributed by atoms with E-state index in [9.17, 15) is 13.2 Å². The van der Waals surface area contributed by atoms with Crippen molar-refractivity contribution >= 4 is 54.8 Å². The Morgan fingerprint density at radius 3 is 2.64 bits per heavy atom. The van der Waals surface area contributed by atoms with Crippen LogP contribution in [0, 0.1) is 6.92 Å². The maximum Gasteiger partial charge on any atom is 0.263 e. The Balaban J connectivity index is 2.01. The summed E-state index contributed by atoms with van der Waals surface area (Å²) < 4.78 is 28.6. The fourth-order valence-electron chi connectivity index (χ4n) is 2.79. The van der Waals surface area contributed by atoms with Crippen molar-refractivity contribution in [3.63, 3.8) is 0 Å². The molecule has 0 saturated carbocycles. The molecule has 0 fully saturated rings. The van der Waals surface area contributed by atoms with E-state index in [0.717, 1.165) is 11.1 Å². The molecular formula is C17H16BrClN2O3S. The van der Waals surface area contributed by atoms with Gasteiger partial charge in [-0.1, -0.05) is 17.7 Å². The van der Waals surface area contributed by atoms with Crippen molar-refractivity contribution in [2.45, 2.75) is 25.2 Å². The predicted octanol–water partition coefficient (Wildman–Crippen LogP) is 4.12. The molecule has 2 aromatic carbocycles. The highest BCUT2D eigenvalue weighted by molar-refractivity contribution is 9.10. The number of nitrogens with zero attached hydrogens (tertiary/aromatic N) is 1. The molecule has 0 aliphatic carbocycles. The van der Waals surface area contributed by atoms with Gasteiger partial charge in [0.2, 0.25) is 5.91 Å². The molecule has 1 aliphatic rings. The van der Waals surface area contributed by atoms with Crippen molar-refractivity contribution in [2.24, 2.45) is 0 Å². The largest absolute Gasteiger partial charge is 0.312 e. The maximum atomic E-state index is 12.8. The zero-order valence-electron chi connectivity index (χ0n) is 13.6. The quantitative estimate of drug-likeness (QED) is 0.776. The van der Waals surface area contributed by atoms with Gasteiger partial charge in [0.15, 0.2) is 0 Å². The Kier molecular flexibility index (Phi) is 4.83. The normalized spacial score (nSPS) is 13.7. The molecule has 2 aromatic rings. The van der Waals surface area contributed by atoms with Gasteiger partial charge in [-0.15, -0.1) is 0 Å². The van der Waals surface area contributed by atoms with Crippen molar-refractivity contribution in [1.82, 2.24) is 0 Å². The van der Waals surface area contributed by atoms with E-state index in [0.29, 0.717) is 33.8 Å². The minimum Gasteiger partial charge on any atom is -0.312 e. The molecule has 132 valence electrons. The minimum atomic E-state index is -3.84. The van der Waals surface area contributed by atoms with E-state index in [4.69, 9.17) is 11.6 Å². The standard InChI is InChI=1S/C17H16BrClN2O3S/c1-10-3-4-13(8-15(10)19)20-25(23,24)17-9-16-12(7-14(17)18)5-6-21(16)11(2)22/h3-4,7-9,20H,5-6H2,1-2H3. The van der Waals surface area contributed by atoms with Gasteiger partial charge in [0.1, 0.15) is 4.90 Å². The van der Waals surface area contributed by atoms with E-state index in [1.54, 1.807) is 29.2 Å². The minimum absolute atomic E-state index is 0.0797. The number of amides is 1. The number of hydrogen-bond acceptors (Lipinski definition) is 3. The van der Waals surface area contributed by atoms with Gasteiger partial charge in [-0.3, -0.25) is 9.52 Å². The Hall–Kier alpha value is -1.57. The van der Waals surface area contributed by atoms with Crippen LogP contribution in [0.15, 0.2) is 39.7 Å². The number of halogens is 2. The van der Waals surface area contributed by atoms with Gasteiger partial charge in [-0.25, -0.2) is 8.42 Å². The molecule has 0 saturated heterocycles. The van der Waals surface area contributed by atoms with Gasteiger partial charge < -0.3 is 4.90 Å². The Morgan fingerprint density at radius 2 is 2.00 bits per heavy atom. The molecule has 0 unspecified atom stereocenters. The zero-order chi connectivity index (χ0) is 18.4. The molecule has 1 N–H and O–H groups in total. The number of rotatable bonds is 3. The van der Waals surface area contributed by atoms with Crippen molar-refractivity contribution in [1.29, 1.82) is 0 Å². The monoisotopic (exact) mass is 442 g/mol. The third kappa shape index (κ3) is 3.54. The second kappa shape index (κ2) is 6.63. The lowest BCUT2D eigenvalue weighted by atomic mass is 10.2. The van der Waals surface area contributed by atoms with Crippen LogP contribution in [-0.4, -0.2) is 20.9 Å². The number of sulfonamides is 1. The van der Waals surface area contributed by atoms with E-state index in [2.05, 4.69) is 20.7 Å². The summed E-state index contributed by atoms with van der Waals surface area (Å²) in [4.78, 5) is 13.4. The number of benzene rings is 2. The van der Waals surface area contributed by atoms with E-state index in [1.165, 1.54) is 13.0 Å². The Bertz CT molecular complexity index is 976. The van der Waals surface area contributed by atoms with Gasteiger partial charge >= 0.3 is 0 Å². The van der Waals surface area contributed by atoms with Crippen LogP contribution in [0.2, 0.25) is 5.02 Å². The summed E-state index contributed by atoms with van der Waals surface area (Å²) in [5.41, 5.74) is 2.82. The topological polar surface area (TPSA) is 66.5 Å². The molecule has 0 aromatic heterocycles. The molecule has 8 heteroatoms. The lowest BCUT2D eigenvalue weighted by molar-refractivity contribution is -0.116. The van der Waals surface area contributed by atoms with Gasteiger partial charge in [0.25, 0.3) is 10.0 Å². The van der Waals surface area contributed by atoms with E-state index < -0.39 is 10.0 Å². The van der Waals surface area contributed by atoms with Crippen LogP contribution < -0.4 is 9.62 Å². The molecule has 1 heterocycles. The third-order valence-corrected chi connectivity index (χ3v) is 6.87. The second-order valence-corrected chi connectivity index (χ2v) is 8.81. The number of nitrogens with one attached hydrogen (secondary N) is 1. The third-order valence-electron chi connectivity index (χ3n) is 4.12. The van der Waals surface area contributed by atoms with E-state index in [1.807, 2.05) is 6.92 Å². The summed E-state index contributed by atoms with van der Waals surface area (Å²) in [6.07, 6.45) is 0.703. The average molecular weight is 444 g/mol. The summed E-state index contributed by atoms with van der Waals surface area (Å²) in [6.45, 7) is 3.87. The van der Waals surface area contributed by atoms with Crippen molar-refractivity contribution in [3.05, 3.63) is 51.0 Å². The molecular weight excluding hydrogens is 428 g/mol. The predicted molar refractivity (Wildman–Crippen MR) is 103 cm³/mol. The number of carbonyl (C=O) groups excluding carboxylic acids is 1. The molecule has 0 atom stereocenters. The highest BCUT2D eigenvalue weighted by Crippen LogP contribution is 2.36. The second-order valence-electron chi connectivity index (χ2n) is 5.90. The van der Waals surface area contributed by atoms with Crippen LogP contribution in [-0.2, 0) is 21.2 Å². The number of hydrogen-bond donors (Lipinski definition) is 1. The van der Waals surface area contributed by atoms with Crippen LogP contribution in [0.25, 0.3) is 0 Å². The summed E-state index contributed by atoms with van der Waals surface area (Å²) in [5, 5.41) is 0.482. The molecule has 0 spiro atoms.